The fraction of sp³-hybridized carbons (Fsp3) is 0.957. The third kappa shape index (κ3) is 3.90. The predicted octanol–water partition coefficient (Wildman–Crippen LogP) is 5.00. The van der Waals surface area contributed by atoms with Crippen LogP contribution in [0.25, 0.3) is 0 Å². The third-order valence-electron chi connectivity index (χ3n) is 9.82. The molecule has 0 bridgehead atoms. The van der Waals surface area contributed by atoms with Crippen molar-refractivity contribution in [2.45, 2.75) is 78.6 Å². The molecule has 4 rings (SSSR count). The van der Waals surface area contributed by atoms with Gasteiger partial charge < -0.3 is 14.5 Å². The molecule has 3 unspecified atom stereocenters. The number of hydrogen-bond donors (Lipinski definition) is 2. The summed E-state index contributed by atoms with van der Waals surface area (Å²) in [6.45, 7) is 7.16. The van der Waals surface area contributed by atoms with Crippen LogP contribution in [-0.2, 0) is 14.1 Å². The molecule has 166 valence electrons. The first kappa shape index (κ1) is 22.0. The molecule has 0 amide bonds. The maximum Gasteiger partial charge on any atom is 0.350 e. The predicted molar refractivity (Wildman–Crippen MR) is 112 cm³/mol. The van der Waals surface area contributed by atoms with Crippen molar-refractivity contribution in [2.24, 2.45) is 46.3 Å². The molecule has 0 radical (unpaired) electrons. The number of rotatable bonds is 5. The first-order valence-electron chi connectivity index (χ1n) is 11.7. The van der Waals surface area contributed by atoms with Gasteiger partial charge in [0.25, 0.3) is 0 Å². The second-order valence-electron chi connectivity index (χ2n) is 11.3. The van der Waals surface area contributed by atoms with E-state index in [9.17, 15) is 9.36 Å². The number of ether oxygens (including phenoxy) is 1. The Labute approximate surface area is 175 Å². The van der Waals surface area contributed by atoms with Gasteiger partial charge in [0.1, 0.15) is 13.0 Å². The van der Waals surface area contributed by atoms with Crippen LogP contribution in [0.4, 0.5) is 0 Å². The Morgan fingerprint density at radius 1 is 1.00 bits per heavy atom. The summed E-state index contributed by atoms with van der Waals surface area (Å²) in [7, 11) is -4.22. The highest BCUT2D eigenvalue weighted by atomic mass is 31.2. The molecule has 4 aliphatic rings. The summed E-state index contributed by atoms with van der Waals surface area (Å²) >= 11 is 0. The van der Waals surface area contributed by atoms with Crippen LogP contribution in [-0.4, -0.2) is 28.5 Å². The molecule has 2 N–H and O–H groups in total. The van der Waals surface area contributed by atoms with Crippen molar-refractivity contribution >= 4 is 13.4 Å². The largest absolute Gasteiger partial charge is 0.361 e. The Morgan fingerprint density at radius 2 is 1.69 bits per heavy atom. The second-order valence-corrected chi connectivity index (χ2v) is 12.9. The van der Waals surface area contributed by atoms with Crippen LogP contribution in [0, 0.1) is 46.3 Å². The smallest absolute Gasteiger partial charge is 0.350 e. The molecule has 0 spiro atoms. The quantitative estimate of drug-likeness (QED) is 0.604. The van der Waals surface area contributed by atoms with Gasteiger partial charge in [-0.3, -0.25) is 9.36 Å². The lowest BCUT2D eigenvalue weighted by atomic mass is 9.44. The number of carbonyl (C=O) groups is 1. The molecular weight excluding hydrogens is 387 g/mol. The van der Waals surface area contributed by atoms with E-state index in [1.54, 1.807) is 0 Å². The molecule has 0 aromatic carbocycles. The molecule has 4 fully saturated rings. The lowest BCUT2D eigenvalue weighted by Gasteiger charge is -2.61. The summed E-state index contributed by atoms with van der Waals surface area (Å²) in [6.07, 6.45) is 10.6. The molecule has 0 heterocycles. The van der Waals surface area contributed by atoms with Crippen LogP contribution in [0.3, 0.4) is 0 Å². The van der Waals surface area contributed by atoms with E-state index in [0.717, 1.165) is 42.9 Å². The van der Waals surface area contributed by atoms with Crippen molar-refractivity contribution in [2.75, 3.05) is 13.0 Å². The average molecular weight is 427 g/mol. The molecule has 5 nitrogen and oxygen atoms in total. The Bertz CT molecular complexity index is 689. The lowest BCUT2D eigenvalue weighted by molar-refractivity contribution is -0.139. The number of carbonyl (C=O) groups excluding carboxylic acids is 1. The van der Waals surface area contributed by atoms with Crippen molar-refractivity contribution in [3.05, 3.63) is 0 Å². The van der Waals surface area contributed by atoms with Crippen LogP contribution in [0.1, 0.15) is 78.6 Å². The Hall–Kier alpha value is -0.220. The zero-order chi connectivity index (χ0) is 21.0. The van der Waals surface area contributed by atoms with Gasteiger partial charge in [0.15, 0.2) is 5.78 Å². The summed E-state index contributed by atoms with van der Waals surface area (Å²) in [5.74, 6) is 3.98. The van der Waals surface area contributed by atoms with Gasteiger partial charge >= 0.3 is 7.60 Å². The van der Waals surface area contributed by atoms with Crippen molar-refractivity contribution < 1.29 is 23.9 Å². The molecule has 0 aromatic rings. The minimum atomic E-state index is -4.22. The van der Waals surface area contributed by atoms with Crippen LogP contribution in [0.15, 0.2) is 0 Å². The van der Waals surface area contributed by atoms with E-state index in [1.165, 1.54) is 38.5 Å². The maximum absolute atomic E-state index is 12.9. The van der Waals surface area contributed by atoms with Gasteiger partial charge in [-0.15, -0.1) is 0 Å². The summed E-state index contributed by atoms with van der Waals surface area (Å²) in [5, 5.41) is 0. The van der Waals surface area contributed by atoms with E-state index >= 15 is 0 Å². The molecule has 0 aliphatic heterocycles. The number of hydrogen-bond acceptors (Lipinski definition) is 3. The number of fused-ring (bicyclic) bond motifs is 5. The van der Waals surface area contributed by atoms with Gasteiger partial charge in [-0.05, 0) is 91.8 Å². The summed E-state index contributed by atoms with van der Waals surface area (Å²) in [6, 6.07) is 0. The topological polar surface area (TPSA) is 83.8 Å². The highest BCUT2D eigenvalue weighted by molar-refractivity contribution is 7.51. The third-order valence-corrected chi connectivity index (χ3v) is 10.3. The highest BCUT2D eigenvalue weighted by Crippen LogP contribution is 2.67. The molecule has 0 aromatic heterocycles. The standard InChI is InChI=1S/C23H39O5P/c1-15-8-10-22(2)16(12-15)4-5-17-18-6-7-20(23(18,3)11-9-19(17)22)21(24)13-28-14-29(25,26)27/h15-20H,4-14H2,1-3H3,(H2,25,26,27)/t15-,16?,17-,18?,19?,20+,22-,23-/m0/s1. The highest BCUT2D eigenvalue weighted by Gasteiger charge is 2.60. The van der Waals surface area contributed by atoms with E-state index in [1.807, 2.05) is 0 Å². The SMILES string of the molecule is C[C@H]1CC[C@@]2(C)C(CC[C@@H]3C2CC[C@@]2(C)C3CC[C@@H]2C(=O)COCP(=O)(O)O)C1. The van der Waals surface area contributed by atoms with Gasteiger partial charge in [0.2, 0.25) is 0 Å². The Balaban J connectivity index is 1.46. The molecule has 4 aliphatic carbocycles. The van der Waals surface area contributed by atoms with Crippen molar-refractivity contribution in [3.8, 4) is 0 Å². The normalized spacial score (nSPS) is 47.2. The van der Waals surface area contributed by atoms with E-state index in [0.29, 0.717) is 11.3 Å². The van der Waals surface area contributed by atoms with Crippen molar-refractivity contribution in [1.82, 2.24) is 0 Å². The lowest BCUT2D eigenvalue weighted by Crippen LogP contribution is -2.53. The zero-order valence-electron chi connectivity index (χ0n) is 18.3. The van der Waals surface area contributed by atoms with Gasteiger partial charge in [-0.1, -0.05) is 27.2 Å². The van der Waals surface area contributed by atoms with Crippen LogP contribution < -0.4 is 0 Å². The Kier molecular flexibility index (Phi) is 5.86. The molecule has 0 saturated heterocycles. The molecular formula is C23H39O5P. The Morgan fingerprint density at radius 3 is 2.41 bits per heavy atom. The zero-order valence-corrected chi connectivity index (χ0v) is 19.2. The minimum Gasteiger partial charge on any atom is -0.361 e. The maximum atomic E-state index is 12.9. The fourth-order valence-electron chi connectivity index (χ4n) is 8.37. The van der Waals surface area contributed by atoms with Gasteiger partial charge in [0.05, 0.1) is 0 Å². The number of Topliss-reactive ketones (excluding diaryl/α,β-unsaturated/α-hetero) is 1. The minimum absolute atomic E-state index is 0.0119. The number of ketones is 1. The van der Waals surface area contributed by atoms with Crippen molar-refractivity contribution in [1.29, 1.82) is 0 Å². The van der Waals surface area contributed by atoms with Crippen LogP contribution >= 0.6 is 7.60 Å². The van der Waals surface area contributed by atoms with E-state index < -0.39 is 13.9 Å². The average Bonchev–Trinajstić information content (AvgIpc) is 2.98. The second kappa shape index (κ2) is 7.73. The summed E-state index contributed by atoms with van der Waals surface area (Å²) in [5.41, 5.74) is 0.528. The van der Waals surface area contributed by atoms with Crippen LogP contribution in [0.5, 0.6) is 0 Å². The first-order chi connectivity index (χ1) is 13.5. The molecule has 4 saturated carbocycles. The van der Waals surface area contributed by atoms with Gasteiger partial charge in [0, 0.05) is 5.92 Å². The summed E-state index contributed by atoms with van der Waals surface area (Å²) in [4.78, 5) is 30.8. The van der Waals surface area contributed by atoms with Crippen LogP contribution in [0.2, 0.25) is 0 Å². The summed E-state index contributed by atoms with van der Waals surface area (Å²) < 4.78 is 16.1. The van der Waals surface area contributed by atoms with Gasteiger partial charge in [-0.25, -0.2) is 0 Å². The van der Waals surface area contributed by atoms with E-state index in [4.69, 9.17) is 14.5 Å². The molecule has 8 atom stereocenters. The molecule has 29 heavy (non-hydrogen) atoms. The molecule has 6 heteroatoms. The van der Waals surface area contributed by atoms with E-state index in [-0.39, 0.29) is 23.7 Å². The van der Waals surface area contributed by atoms with E-state index in [2.05, 4.69) is 20.8 Å². The van der Waals surface area contributed by atoms with Gasteiger partial charge in [-0.2, -0.15) is 0 Å². The fourth-order valence-corrected chi connectivity index (χ4v) is 8.70. The monoisotopic (exact) mass is 426 g/mol. The first-order valence-corrected chi connectivity index (χ1v) is 13.5. The van der Waals surface area contributed by atoms with Crippen molar-refractivity contribution in [3.63, 3.8) is 0 Å².